The lowest BCUT2D eigenvalue weighted by molar-refractivity contribution is 0.0534. The van der Waals surface area contributed by atoms with Gasteiger partial charge in [0.25, 0.3) is 0 Å². The van der Waals surface area contributed by atoms with Gasteiger partial charge in [-0.2, -0.15) is 0 Å². The Kier molecular flexibility index (Phi) is 5.24. The fourth-order valence-electron chi connectivity index (χ4n) is 1.57. The van der Waals surface area contributed by atoms with E-state index in [1.807, 2.05) is 0 Å². The standard InChI is InChI=1S/C15H17F2NO4/c1-8(7-18-14(21)22-15(2,3)4)9-5-12(17)10(13(19)20)6-11(9)16/h5-6H,1,7H2,2-4H3,(H,18,21)(H,19,20). The summed E-state index contributed by atoms with van der Waals surface area (Å²) in [5, 5.41) is 11.1. The highest BCUT2D eigenvalue weighted by atomic mass is 19.1. The van der Waals surface area contributed by atoms with E-state index in [2.05, 4.69) is 11.9 Å². The third-order valence-corrected chi connectivity index (χ3v) is 2.51. The van der Waals surface area contributed by atoms with Gasteiger partial charge in [-0.05, 0) is 38.5 Å². The van der Waals surface area contributed by atoms with Crippen molar-refractivity contribution in [1.82, 2.24) is 5.32 Å². The van der Waals surface area contributed by atoms with Crippen LogP contribution in [0.25, 0.3) is 5.57 Å². The van der Waals surface area contributed by atoms with Crippen LogP contribution in [0.5, 0.6) is 0 Å². The number of rotatable bonds is 4. The molecule has 1 rings (SSSR count). The Balaban J connectivity index is 2.81. The minimum atomic E-state index is -1.57. The van der Waals surface area contributed by atoms with Crippen LogP contribution >= 0.6 is 0 Å². The molecule has 0 saturated carbocycles. The SMILES string of the molecule is C=C(CNC(=O)OC(C)(C)C)c1cc(F)c(C(=O)O)cc1F. The summed E-state index contributed by atoms with van der Waals surface area (Å²) in [7, 11) is 0. The molecule has 1 aromatic rings. The summed E-state index contributed by atoms with van der Waals surface area (Å²) in [4.78, 5) is 22.2. The molecule has 5 nitrogen and oxygen atoms in total. The maximum absolute atomic E-state index is 13.8. The van der Waals surface area contributed by atoms with Crippen molar-refractivity contribution in [3.63, 3.8) is 0 Å². The normalized spacial score (nSPS) is 11.0. The predicted molar refractivity (Wildman–Crippen MR) is 76.6 cm³/mol. The van der Waals surface area contributed by atoms with Crippen LogP contribution in [0.3, 0.4) is 0 Å². The van der Waals surface area contributed by atoms with Crippen molar-refractivity contribution in [1.29, 1.82) is 0 Å². The molecule has 0 aliphatic rings. The Hall–Kier alpha value is -2.44. The highest BCUT2D eigenvalue weighted by Gasteiger charge is 2.19. The third-order valence-electron chi connectivity index (χ3n) is 2.51. The predicted octanol–water partition coefficient (Wildman–Crippen LogP) is 3.20. The number of alkyl carbamates (subject to hydrolysis) is 1. The summed E-state index contributed by atoms with van der Waals surface area (Å²) in [6.07, 6.45) is -0.725. The Morgan fingerprint density at radius 3 is 2.23 bits per heavy atom. The molecule has 0 unspecified atom stereocenters. The zero-order valence-corrected chi connectivity index (χ0v) is 12.5. The molecule has 2 N–H and O–H groups in total. The van der Waals surface area contributed by atoms with Gasteiger partial charge in [-0.3, -0.25) is 0 Å². The number of amides is 1. The molecule has 0 aliphatic carbocycles. The van der Waals surface area contributed by atoms with Crippen LogP contribution in [0.15, 0.2) is 18.7 Å². The molecule has 0 heterocycles. The Labute approximate surface area is 126 Å². The second-order valence-corrected chi connectivity index (χ2v) is 5.58. The highest BCUT2D eigenvalue weighted by molar-refractivity contribution is 5.88. The first kappa shape index (κ1) is 17.6. The molecule has 0 atom stereocenters. The van der Waals surface area contributed by atoms with E-state index in [0.717, 1.165) is 6.07 Å². The van der Waals surface area contributed by atoms with E-state index in [1.54, 1.807) is 20.8 Å². The van der Waals surface area contributed by atoms with E-state index in [9.17, 15) is 18.4 Å². The van der Waals surface area contributed by atoms with Gasteiger partial charge in [-0.25, -0.2) is 18.4 Å². The van der Waals surface area contributed by atoms with Crippen LogP contribution in [-0.2, 0) is 4.74 Å². The summed E-state index contributed by atoms with van der Waals surface area (Å²) in [6.45, 7) is 8.42. The summed E-state index contributed by atoms with van der Waals surface area (Å²) >= 11 is 0. The minimum absolute atomic E-state index is 0.0826. The van der Waals surface area contributed by atoms with E-state index >= 15 is 0 Å². The van der Waals surface area contributed by atoms with Crippen molar-refractivity contribution in [3.8, 4) is 0 Å². The number of halogens is 2. The van der Waals surface area contributed by atoms with Crippen molar-refractivity contribution < 1.29 is 28.2 Å². The van der Waals surface area contributed by atoms with Gasteiger partial charge >= 0.3 is 12.1 Å². The summed E-state index contributed by atoms with van der Waals surface area (Å²) in [5.74, 6) is -3.59. The van der Waals surface area contributed by atoms with E-state index in [4.69, 9.17) is 9.84 Å². The number of ether oxygens (including phenoxy) is 1. The zero-order valence-electron chi connectivity index (χ0n) is 12.5. The van der Waals surface area contributed by atoms with Gasteiger partial charge in [0.15, 0.2) is 0 Å². The molecule has 0 fully saturated rings. The molecular weight excluding hydrogens is 296 g/mol. The molecule has 0 aliphatic heterocycles. The molecule has 0 bridgehead atoms. The van der Waals surface area contributed by atoms with Crippen LogP contribution in [0.4, 0.5) is 13.6 Å². The van der Waals surface area contributed by atoms with Crippen molar-refractivity contribution in [3.05, 3.63) is 41.5 Å². The molecule has 0 saturated heterocycles. The Morgan fingerprint density at radius 1 is 1.23 bits per heavy atom. The van der Waals surface area contributed by atoms with Gasteiger partial charge < -0.3 is 15.2 Å². The molecule has 1 amide bonds. The van der Waals surface area contributed by atoms with Gasteiger partial charge in [0, 0.05) is 12.1 Å². The first-order valence-electron chi connectivity index (χ1n) is 6.38. The number of aromatic carboxylic acids is 1. The quantitative estimate of drug-likeness (QED) is 0.895. The van der Waals surface area contributed by atoms with Crippen molar-refractivity contribution in [2.24, 2.45) is 0 Å². The van der Waals surface area contributed by atoms with E-state index in [1.165, 1.54) is 0 Å². The summed E-state index contributed by atoms with van der Waals surface area (Å²) in [5.41, 5.74) is -1.58. The molecule has 22 heavy (non-hydrogen) atoms. The number of carboxylic acid groups (broad SMARTS) is 1. The highest BCUT2D eigenvalue weighted by Crippen LogP contribution is 2.21. The van der Waals surface area contributed by atoms with Gasteiger partial charge in [-0.15, -0.1) is 0 Å². The van der Waals surface area contributed by atoms with Crippen LogP contribution in [-0.4, -0.2) is 29.3 Å². The Bertz CT molecular complexity index is 621. The first-order valence-corrected chi connectivity index (χ1v) is 6.38. The van der Waals surface area contributed by atoms with Crippen molar-refractivity contribution >= 4 is 17.6 Å². The van der Waals surface area contributed by atoms with E-state index < -0.39 is 34.9 Å². The van der Waals surface area contributed by atoms with Gasteiger partial charge in [0.05, 0.1) is 5.56 Å². The van der Waals surface area contributed by atoms with E-state index in [-0.39, 0.29) is 17.7 Å². The first-order chi connectivity index (χ1) is 10.0. The third kappa shape index (κ3) is 4.83. The number of carboxylic acids is 1. The van der Waals surface area contributed by atoms with Crippen LogP contribution in [0.2, 0.25) is 0 Å². The molecule has 0 aromatic heterocycles. The van der Waals surface area contributed by atoms with Gasteiger partial charge in [-0.1, -0.05) is 6.58 Å². The van der Waals surface area contributed by atoms with Gasteiger partial charge in [0.2, 0.25) is 0 Å². The number of benzene rings is 1. The number of hydrogen-bond acceptors (Lipinski definition) is 3. The Morgan fingerprint density at radius 2 is 1.73 bits per heavy atom. The smallest absolute Gasteiger partial charge is 0.407 e. The summed E-state index contributed by atoms with van der Waals surface area (Å²) in [6, 6.07) is 1.31. The van der Waals surface area contributed by atoms with Crippen LogP contribution in [0, 0.1) is 11.6 Å². The topological polar surface area (TPSA) is 75.6 Å². The lowest BCUT2D eigenvalue weighted by atomic mass is 10.0. The van der Waals surface area contributed by atoms with E-state index in [0.29, 0.717) is 6.07 Å². The van der Waals surface area contributed by atoms with Crippen LogP contribution < -0.4 is 5.32 Å². The number of hydrogen-bond donors (Lipinski definition) is 2. The monoisotopic (exact) mass is 313 g/mol. The number of carbonyl (C=O) groups is 2. The number of carbonyl (C=O) groups excluding carboxylic acids is 1. The lowest BCUT2D eigenvalue weighted by Crippen LogP contribution is -2.33. The molecule has 120 valence electrons. The van der Waals surface area contributed by atoms with Crippen molar-refractivity contribution in [2.75, 3.05) is 6.54 Å². The summed E-state index contributed by atoms with van der Waals surface area (Å²) < 4.78 is 32.4. The molecule has 0 spiro atoms. The molecule has 1 aromatic carbocycles. The fraction of sp³-hybridized carbons (Fsp3) is 0.333. The second kappa shape index (κ2) is 6.55. The van der Waals surface area contributed by atoms with Crippen molar-refractivity contribution in [2.45, 2.75) is 26.4 Å². The fourth-order valence-corrected chi connectivity index (χ4v) is 1.57. The zero-order chi connectivity index (χ0) is 17.1. The largest absolute Gasteiger partial charge is 0.478 e. The lowest BCUT2D eigenvalue weighted by Gasteiger charge is -2.20. The maximum Gasteiger partial charge on any atom is 0.407 e. The molecule has 0 radical (unpaired) electrons. The van der Waals surface area contributed by atoms with Crippen LogP contribution in [0.1, 0.15) is 36.7 Å². The minimum Gasteiger partial charge on any atom is -0.478 e. The molecular formula is C15H17F2NO4. The second-order valence-electron chi connectivity index (χ2n) is 5.58. The average molecular weight is 313 g/mol. The number of nitrogens with one attached hydrogen (secondary N) is 1. The van der Waals surface area contributed by atoms with Gasteiger partial charge in [0.1, 0.15) is 17.2 Å². The average Bonchev–Trinajstić information content (AvgIpc) is 2.35. The maximum atomic E-state index is 13.8. The molecule has 7 heteroatoms.